The van der Waals surface area contributed by atoms with Crippen molar-refractivity contribution in [2.75, 3.05) is 0 Å². The van der Waals surface area contributed by atoms with Gasteiger partial charge in [-0.05, 0) is 0 Å². The fourth-order valence-corrected chi connectivity index (χ4v) is 0. The van der Waals surface area contributed by atoms with E-state index in [-0.39, 0.29) is 0 Å². The predicted octanol–water partition coefficient (Wildman–Crippen LogP) is 1.47. The Kier molecular flexibility index (Phi) is 14.9. The molecule has 0 aliphatic rings. The Hall–Kier alpha value is 0.673. The molecular formula is C2H4Cl2O2Zn. The Balaban J connectivity index is 0. The van der Waals surface area contributed by atoms with Gasteiger partial charge < -0.3 is 5.11 Å². The Bertz CT molecular complexity index is 45.0. The summed E-state index contributed by atoms with van der Waals surface area (Å²) < 4.78 is 0. The Morgan fingerprint density at radius 1 is 1.71 bits per heavy atom. The van der Waals surface area contributed by atoms with E-state index in [2.05, 4.69) is 0 Å². The molecule has 0 bridgehead atoms. The summed E-state index contributed by atoms with van der Waals surface area (Å²) in [6.07, 6.45) is 0. The maximum atomic E-state index is 9.00. The Morgan fingerprint density at radius 3 is 1.71 bits per heavy atom. The SMILES string of the molecule is CC(=O)O.[Cl][Zn][Cl]. The first-order chi connectivity index (χ1) is 3.15. The molecule has 7 heavy (non-hydrogen) atoms. The number of halogens is 2. The number of rotatable bonds is 0. The van der Waals surface area contributed by atoms with Gasteiger partial charge >= 0.3 is 34.5 Å². The minimum absolute atomic E-state index is 0.833. The Labute approximate surface area is 57.5 Å². The van der Waals surface area contributed by atoms with Crippen molar-refractivity contribution in [1.29, 1.82) is 0 Å². The van der Waals surface area contributed by atoms with Crippen molar-refractivity contribution < 1.29 is 25.0 Å². The molecule has 0 spiro atoms. The standard InChI is InChI=1S/C2H4O2.2ClH.Zn/c1-2(3)4;;;/h1H3,(H,3,4);2*1H;/q;;;+2/p-2. The van der Waals surface area contributed by atoms with Crippen LogP contribution < -0.4 is 0 Å². The van der Waals surface area contributed by atoms with Crippen LogP contribution in [0.15, 0.2) is 0 Å². The molecule has 0 rings (SSSR count). The summed E-state index contributed by atoms with van der Waals surface area (Å²) in [6.45, 7) is 1.08. The second kappa shape index (κ2) is 9.83. The summed E-state index contributed by atoms with van der Waals surface area (Å²) in [5.41, 5.74) is 0. The monoisotopic (exact) mass is 194 g/mol. The van der Waals surface area contributed by atoms with Gasteiger partial charge in [0.1, 0.15) is 0 Å². The summed E-state index contributed by atoms with van der Waals surface area (Å²) in [5, 5.41) is 7.42. The number of carboxylic acid groups (broad SMARTS) is 1. The third-order valence-corrected chi connectivity index (χ3v) is 0. The van der Waals surface area contributed by atoms with Crippen LogP contribution in [0.3, 0.4) is 0 Å². The minimum atomic E-state index is -0.931. The Morgan fingerprint density at radius 2 is 1.71 bits per heavy atom. The molecule has 0 aromatic heterocycles. The van der Waals surface area contributed by atoms with Crippen LogP contribution >= 0.6 is 19.4 Å². The topological polar surface area (TPSA) is 37.3 Å². The van der Waals surface area contributed by atoms with Crippen molar-refractivity contribution in [3.05, 3.63) is 0 Å². The van der Waals surface area contributed by atoms with E-state index < -0.39 is 21.1 Å². The molecule has 40 valence electrons. The molecular weight excluding hydrogens is 192 g/mol. The van der Waals surface area contributed by atoms with Crippen molar-refractivity contribution in [2.24, 2.45) is 0 Å². The average molecular weight is 196 g/mol. The van der Waals surface area contributed by atoms with Crippen LogP contribution in [0.5, 0.6) is 0 Å². The number of hydrogen-bond donors (Lipinski definition) is 1. The summed E-state index contributed by atoms with van der Waals surface area (Å²) >= 11 is -0.931. The fourth-order valence-electron chi connectivity index (χ4n) is 0. The van der Waals surface area contributed by atoms with Gasteiger partial charge in [0.2, 0.25) is 0 Å². The molecule has 0 aromatic carbocycles. The van der Waals surface area contributed by atoms with Gasteiger partial charge in [0, 0.05) is 6.92 Å². The first kappa shape index (κ1) is 10.6. The van der Waals surface area contributed by atoms with Crippen LogP contribution in [0, 0.1) is 0 Å². The zero-order chi connectivity index (χ0) is 6.28. The van der Waals surface area contributed by atoms with Crippen molar-refractivity contribution in [3.63, 3.8) is 0 Å². The fraction of sp³-hybridized carbons (Fsp3) is 0.500. The van der Waals surface area contributed by atoms with Crippen molar-refractivity contribution in [1.82, 2.24) is 0 Å². The molecule has 0 aliphatic carbocycles. The van der Waals surface area contributed by atoms with Crippen LogP contribution in [0.1, 0.15) is 6.92 Å². The van der Waals surface area contributed by atoms with Gasteiger partial charge in [-0.1, -0.05) is 0 Å². The number of hydrogen-bond acceptors (Lipinski definition) is 1. The average Bonchev–Trinajstić information content (AvgIpc) is 1.33. The van der Waals surface area contributed by atoms with E-state index in [9.17, 15) is 0 Å². The molecule has 5 heteroatoms. The van der Waals surface area contributed by atoms with E-state index in [1.165, 1.54) is 0 Å². The third kappa shape index (κ3) is 321. The predicted molar refractivity (Wildman–Crippen MR) is 25.0 cm³/mol. The number of carboxylic acids is 1. The van der Waals surface area contributed by atoms with E-state index in [4.69, 9.17) is 29.3 Å². The van der Waals surface area contributed by atoms with Crippen LogP contribution in [0.4, 0.5) is 0 Å². The summed E-state index contributed by atoms with van der Waals surface area (Å²) in [5.74, 6) is -0.833. The van der Waals surface area contributed by atoms with Crippen molar-refractivity contribution in [3.8, 4) is 0 Å². The van der Waals surface area contributed by atoms with Gasteiger partial charge in [0.25, 0.3) is 5.97 Å². The van der Waals surface area contributed by atoms with Gasteiger partial charge in [0.05, 0.1) is 0 Å². The van der Waals surface area contributed by atoms with Gasteiger partial charge in [-0.25, -0.2) is 0 Å². The van der Waals surface area contributed by atoms with Gasteiger partial charge in [-0.3, -0.25) is 4.79 Å². The van der Waals surface area contributed by atoms with Crippen LogP contribution in [-0.4, -0.2) is 11.1 Å². The second-order valence-electron chi connectivity index (χ2n) is 0.620. The molecule has 0 aliphatic heterocycles. The summed E-state index contributed by atoms with van der Waals surface area (Å²) in [6, 6.07) is 0. The van der Waals surface area contributed by atoms with Gasteiger partial charge in [-0.2, -0.15) is 0 Å². The second-order valence-corrected chi connectivity index (χ2v) is 5.24. The molecule has 2 nitrogen and oxygen atoms in total. The third-order valence-electron chi connectivity index (χ3n) is 0. The van der Waals surface area contributed by atoms with Crippen molar-refractivity contribution in [2.45, 2.75) is 6.92 Å². The number of aliphatic carboxylic acids is 1. The molecule has 0 saturated heterocycles. The number of carbonyl (C=O) groups is 1. The molecule has 0 atom stereocenters. The molecule has 0 aromatic rings. The van der Waals surface area contributed by atoms with Gasteiger partial charge in [-0.15, -0.1) is 0 Å². The molecule has 0 amide bonds. The van der Waals surface area contributed by atoms with E-state index >= 15 is 0 Å². The molecule has 0 saturated carbocycles. The zero-order valence-electron chi connectivity index (χ0n) is 3.82. The van der Waals surface area contributed by atoms with E-state index in [0.717, 1.165) is 6.92 Å². The van der Waals surface area contributed by atoms with E-state index in [1.807, 2.05) is 0 Å². The quantitative estimate of drug-likeness (QED) is 0.596. The van der Waals surface area contributed by atoms with Crippen LogP contribution in [0.25, 0.3) is 0 Å². The summed E-state index contributed by atoms with van der Waals surface area (Å²) in [4.78, 5) is 9.00. The molecule has 0 radical (unpaired) electrons. The van der Waals surface area contributed by atoms with Gasteiger partial charge in [0.15, 0.2) is 0 Å². The van der Waals surface area contributed by atoms with Crippen LogP contribution in [-0.2, 0) is 19.9 Å². The molecule has 0 fully saturated rings. The molecule has 0 heterocycles. The van der Waals surface area contributed by atoms with E-state index in [1.54, 1.807) is 0 Å². The van der Waals surface area contributed by atoms with E-state index in [0.29, 0.717) is 0 Å². The molecule has 1 N–H and O–H groups in total. The maximum absolute atomic E-state index is 9.00. The zero-order valence-corrected chi connectivity index (χ0v) is 8.30. The van der Waals surface area contributed by atoms with Crippen LogP contribution in [0.2, 0.25) is 0 Å². The first-order valence-electron chi connectivity index (χ1n) is 1.46. The van der Waals surface area contributed by atoms with Crippen molar-refractivity contribution >= 4 is 25.4 Å². The molecule has 0 unspecified atom stereocenters. The summed E-state index contributed by atoms with van der Waals surface area (Å²) in [7, 11) is 9.90. The normalized spacial score (nSPS) is 5.00. The first-order valence-corrected chi connectivity index (χ1v) is 9.26.